The second kappa shape index (κ2) is 9.19. The SMILES string of the molecule is CCn1c(SCC(=O)N(C)Cc2ccc(Br)cc2)nnc1-c1ccccc1. The highest BCUT2D eigenvalue weighted by Gasteiger charge is 2.16. The van der Waals surface area contributed by atoms with Crippen LogP contribution in [0.3, 0.4) is 0 Å². The first-order chi connectivity index (χ1) is 13.1. The summed E-state index contributed by atoms with van der Waals surface area (Å²) in [5, 5.41) is 9.37. The summed E-state index contributed by atoms with van der Waals surface area (Å²) in [5.41, 5.74) is 2.12. The number of rotatable bonds is 7. The Morgan fingerprint density at radius 3 is 2.48 bits per heavy atom. The summed E-state index contributed by atoms with van der Waals surface area (Å²) in [7, 11) is 1.82. The minimum Gasteiger partial charge on any atom is -0.341 e. The Kier molecular flexibility index (Phi) is 6.68. The molecule has 0 N–H and O–H groups in total. The van der Waals surface area contributed by atoms with Gasteiger partial charge in [0, 0.05) is 30.2 Å². The van der Waals surface area contributed by atoms with Crippen LogP contribution in [0.15, 0.2) is 64.2 Å². The Morgan fingerprint density at radius 2 is 1.81 bits per heavy atom. The summed E-state index contributed by atoms with van der Waals surface area (Å²) < 4.78 is 3.08. The van der Waals surface area contributed by atoms with E-state index >= 15 is 0 Å². The Morgan fingerprint density at radius 1 is 1.11 bits per heavy atom. The highest BCUT2D eigenvalue weighted by atomic mass is 79.9. The second-order valence-corrected chi connectivity index (χ2v) is 7.94. The zero-order chi connectivity index (χ0) is 19.2. The Bertz CT molecular complexity index is 896. The summed E-state index contributed by atoms with van der Waals surface area (Å²) in [6.45, 7) is 3.40. The van der Waals surface area contributed by atoms with E-state index in [4.69, 9.17) is 0 Å². The van der Waals surface area contributed by atoms with Crippen LogP contribution in [0.4, 0.5) is 0 Å². The van der Waals surface area contributed by atoms with Crippen molar-refractivity contribution in [2.75, 3.05) is 12.8 Å². The largest absolute Gasteiger partial charge is 0.341 e. The van der Waals surface area contributed by atoms with Gasteiger partial charge in [-0.05, 0) is 24.6 Å². The molecule has 27 heavy (non-hydrogen) atoms. The van der Waals surface area contributed by atoms with Gasteiger partial charge in [-0.1, -0.05) is 70.2 Å². The van der Waals surface area contributed by atoms with Gasteiger partial charge >= 0.3 is 0 Å². The predicted molar refractivity (Wildman–Crippen MR) is 112 cm³/mol. The van der Waals surface area contributed by atoms with Crippen molar-refractivity contribution >= 4 is 33.6 Å². The first kappa shape index (κ1) is 19.6. The fourth-order valence-electron chi connectivity index (χ4n) is 2.67. The maximum absolute atomic E-state index is 12.5. The summed E-state index contributed by atoms with van der Waals surface area (Å²) in [6.07, 6.45) is 0. The summed E-state index contributed by atoms with van der Waals surface area (Å²) in [6, 6.07) is 18.0. The van der Waals surface area contributed by atoms with E-state index in [-0.39, 0.29) is 5.91 Å². The minimum atomic E-state index is 0.0647. The van der Waals surface area contributed by atoms with Gasteiger partial charge in [0.15, 0.2) is 11.0 Å². The predicted octanol–water partition coefficient (Wildman–Crippen LogP) is 4.48. The molecule has 0 unspecified atom stereocenters. The number of benzene rings is 2. The lowest BCUT2D eigenvalue weighted by atomic mass is 10.2. The molecule has 0 fully saturated rings. The molecule has 0 saturated carbocycles. The van der Waals surface area contributed by atoms with Crippen LogP contribution in [0.1, 0.15) is 12.5 Å². The molecule has 1 heterocycles. The van der Waals surface area contributed by atoms with Crippen molar-refractivity contribution in [3.8, 4) is 11.4 Å². The fourth-order valence-corrected chi connectivity index (χ4v) is 3.88. The topological polar surface area (TPSA) is 51.0 Å². The van der Waals surface area contributed by atoms with E-state index in [0.29, 0.717) is 12.3 Å². The second-order valence-electron chi connectivity index (χ2n) is 6.08. The number of carbonyl (C=O) groups excluding carboxylic acids is 1. The molecule has 0 aliphatic carbocycles. The third kappa shape index (κ3) is 4.99. The average molecular weight is 445 g/mol. The highest BCUT2D eigenvalue weighted by molar-refractivity contribution is 9.10. The molecule has 7 heteroatoms. The van der Waals surface area contributed by atoms with E-state index in [2.05, 4.69) is 33.1 Å². The molecule has 0 atom stereocenters. The molecule has 0 bridgehead atoms. The highest BCUT2D eigenvalue weighted by Crippen LogP contribution is 2.24. The number of thioether (sulfide) groups is 1. The minimum absolute atomic E-state index is 0.0647. The average Bonchev–Trinajstić information content (AvgIpc) is 3.11. The zero-order valence-corrected chi connectivity index (χ0v) is 17.7. The van der Waals surface area contributed by atoms with Crippen molar-refractivity contribution in [3.05, 3.63) is 64.6 Å². The van der Waals surface area contributed by atoms with Crippen molar-refractivity contribution in [3.63, 3.8) is 0 Å². The van der Waals surface area contributed by atoms with Crippen molar-refractivity contribution < 1.29 is 4.79 Å². The number of carbonyl (C=O) groups is 1. The number of hydrogen-bond acceptors (Lipinski definition) is 4. The number of amides is 1. The van der Waals surface area contributed by atoms with E-state index in [1.165, 1.54) is 11.8 Å². The molecule has 0 aliphatic rings. The normalized spacial score (nSPS) is 10.8. The van der Waals surface area contributed by atoms with E-state index in [1.807, 2.05) is 66.2 Å². The maximum Gasteiger partial charge on any atom is 0.233 e. The van der Waals surface area contributed by atoms with Crippen molar-refractivity contribution in [1.82, 2.24) is 19.7 Å². The number of aromatic nitrogens is 3. The van der Waals surface area contributed by atoms with Gasteiger partial charge in [0.1, 0.15) is 0 Å². The summed E-state index contributed by atoms with van der Waals surface area (Å²) in [5.74, 6) is 1.23. The Labute approximate surface area is 171 Å². The fraction of sp³-hybridized carbons (Fsp3) is 0.250. The first-order valence-electron chi connectivity index (χ1n) is 8.68. The van der Waals surface area contributed by atoms with Crippen molar-refractivity contribution in [1.29, 1.82) is 0 Å². The number of halogens is 1. The summed E-state index contributed by atoms with van der Waals surface area (Å²) in [4.78, 5) is 14.2. The molecule has 140 valence electrons. The molecule has 1 aromatic heterocycles. The van der Waals surface area contributed by atoms with Gasteiger partial charge < -0.3 is 9.47 Å². The van der Waals surface area contributed by atoms with E-state index < -0.39 is 0 Å². The van der Waals surface area contributed by atoms with E-state index in [9.17, 15) is 4.79 Å². The molecule has 3 aromatic rings. The van der Waals surface area contributed by atoms with Gasteiger partial charge in [-0.15, -0.1) is 10.2 Å². The monoisotopic (exact) mass is 444 g/mol. The third-order valence-electron chi connectivity index (χ3n) is 4.15. The van der Waals surface area contributed by atoms with Crippen LogP contribution < -0.4 is 0 Å². The summed E-state index contributed by atoms with van der Waals surface area (Å²) >= 11 is 4.85. The molecule has 2 aromatic carbocycles. The number of nitrogens with zero attached hydrogens (tertiary/aromatic N) is 4. The molecule has 0 spiro atoms. The molecule has 0 radical (unpaired) electrons. The van der Waals surface area contributed by atoms with Crippen LogP contribution in [0.25, 0.3) is 11.4 Å². The van der Waals surface area contributed by atoms with Crippen LogP contribution in [-0.2, 0) is 17.9 Å². The molecule has 1 amide bonds. The lowest BCUT2D eigenvalue weighted by Gasteiger charge is -2.17. The standard InChI is InChI=1S/C20H21BrN4OS/c1-3-25-19(16-7-5-4-6-8-16)22-23-20(25)27-14-18(26)24(2)13-15-9-11-17(21)12-10-15/h4-12H,3,13-14H2,1-2H3. The van der Waals surface area contributed by atoms with Crippen LogP contribution in [0.2, 0.25) is 0 Å². The van der Waals surface area contributed by atoms with E-state index in [0.717, 1.165) is 33.1 Å². The smallest absolute Gasteiger partial charge is 0.233 e. The van der Waals surface area contributed by atoms with Crippen LogP contribution in [0.5, 0.6) is 0 Å². The van der Waals surface area contributed by atoms with Crippen LogP contribution in [-0.4, -0.2) is 38.4 Å². The molecular weight excluding hydrogens is 424 g/mol. The van der Waals surface area contributed by atoms with E-state index in [1.54, 1.807) is 4.90 Å². The third-order valence-corrected chi connectivity index (χ3v) is 5.63. The Hall–Kier alpha value is -2.12. The molecule has 3 rings (SSSR count). The van der Waals surface area contributed by atoms with Gasteiger partial charge in [0.2, 0.25) is 5.91 Å². The van der Waals surface area contributed by atoms with Crippen LogP contribution in [0, 0.1) is 0 Å². The molecule has 0 aliphatic heterocycles. The van der Waals surface area contributed by atoms with Gasteiger partial charge in [-0.25, -0.2) is 0 Å². The maximum atomic E-state index is 12.5. The lowest BCUT2D eigenvalue weighted by molar-refractivity contribution is -0.127. The first-order valence-corrected chi connectivity index (χ1v) is 10.5. The molecule has 5 nitrogen and oxygen atoms in total. The van der Waals surface area contributed by atoms with Gasteiger partial charge in [-0.3, -0.25) is 4.79 Å². The number of hydrogen-bond donors (Lipinski definition) is 0. The van der Waals surface area contributed by atoms with Crippen molar-refractivity contribution in [2.24, 2.45) is 0 Å². The van der Waals surface area contributed by atoms with Gasteiger partial charge in [-0.2, -0.15) is 0 Å². The quantitative estimate of drug-likeness (QED) is 0.504. The van der Waals surface area contributed by atoms with Crippen LogP contribution >= 0.6 is 27.7 Å². The Balaban J connectivity index is 1.63. The van der Waals surface area contributed by atoms with Gasteiger partial charge in [0.05, 0.1) is 5.75 Å². The molecule has 0 saturated heterocycles. The zero-order valence-electron chi connectivity index (χ0n) is 15.3. The van der Waals surface area contributed by atoms with Crippen molar-refractivity contribution in [2.45, 2.75) is 25.2 Å². The van der Waals surface area contributed by atoms with Gasteiger partial charge in [0.25, 0.3) is 0 Å². The molecular formula is C20H21BrN4OS. The lowest BCUT2D eigenvalue weighted by Crippen LogP contribution is -2.27.